The molecule has 0 bridgehead atoms. The van der Waals surface area contributed by atoms with Crippen molar-refractivity contribution >= 4 is 5.91 Å². The molecule has 31 heavy (non-hydrogen) atoms. The van der Waals surface area contributed by atoms with Crippen LogP contribution in [0.2, 0.25) is 0 Å². The number of hydrogen-bond acceptors (Lipinski definition) is 6. The summed E-state index contributed by atoms with van der Waals surface area (Å²) in [5.41, 5.74) is 0.489. The van der Waals surface area contributed by atoms with Crippen LogP contribution in [-0.2, 0) is 0 Å². The Morgan fingerprint density at radius 3 is 2.26 bits per heavy atom. The Kier molecular flexibility index (Phi) is 6.23. The van der Waals surface area contributed by atoms with Crippen LogP contribution in [0.5, 0.6) is 23.0 Å². The first-order valence-electron chi connectivity index (χ1n) is 10.5. The maximum absolute atomic E-state index is 13.3. The smallest absolute Gasteiger partial charge is 0.257 e. The normalized spacial score (nSPS) is 25.0. The number of hydrogen-bond donors (Lipinski definition) is 1. The molecule has 1 aliphatic carbocycles. The molecule has 1 aliphatic heterocycles. The fourth-order valence-corrected chi connectivity index (χ4v) is 4.71. The van der Waals surface area contributed by atoms with Gasteiger partial charge in [0.2, 0.25) is 0 Å². The Morgan fingerprint density at radius 2 is 1.58 bits per heavy atom. The molecule has 1 heterocycles. The topological polar surface area (TPSA) is 77.5 Å². The minimum absolute atomic E-state index is 0.0816. The van der Waals surface area contributed by atoms with Crippen molar-refractivity contribution in [1.29, 1.82) is 0 Å². The van der Waals surface area contributed by atoms with Crippen molar-refractivity contribution in [2.75, 3.05) is 34.4 Å². The minimum atomic E-state index is -0.590. The van der Waals surface area contributed by atoms with E-state index < -0.39 is 6.10 Å². The van der Waals surface area contributed by atoms with E-state index in [0.29, 0.717) is 54.5 Å². The molecule has 166 valence electrons. The van der Waals surface area contributed by atoms with Crippen LogP contribution in [0.3, 0.4) is 0 Å². The lowest BCUT2D eigenvalue weighted by atomic mass is 9.78. The Balaban J connectivity index is 1.47. The molecule has 1 saturated heterocycles. The standard InChI is InChI=1S/C24H29NO6/c1-28-17-8-9-20(29-2)18(12-17)24(27)25-13-15-10-19(26)23(11-16(15)14-25)31-22-7-5-4-6-21(22)30-3/h4-9,12,15-16,19,23,26H,10-11,13-14H2,1-3H3/t15-,16+,19+,23+/m0/s1. The van der Waals surface area contributed by atoms with Crippen LogP contribution in [0, 0.1) is 11.8 Å². The van der Waals surface area contributed by atoms with E-state index in [2.05, 4.69) is 0 Å². The van der Waals surface area contributed by atoms with Gasteiger partial charge in [0.15, 0.2) is 11.5 Å². The monoisotopic (exact) mass is 427 g/mol. The summed E-state index contributed by atoms with van der Waals surface area (Å²) in [6.45, 7) is 1.24. The zero-order valence-electron chi connectivity index (χ0n) is 18.1. The number of fused-ring (bicyclic) bond motifs is 1. The van der Waals surface area contributed by atoms with E-state index in [1.54, 1.807) is 39.5 Å². The Bertz CT molecular complexity index is 932. The van der Waals surface area contributed by atoms with E-state index in [0.717, 1.165) is 0 Å². The van der Waals surface area contributed by atoms with E-state index in [1.807, 2.05) is 29.2 Å². The highest BCUT2D eigenvalue weighted by atomic mass is 16.5. The molecule has 0 aromatic heterocycles. The van der Waals surface area contributed by atoms with Gasteiger partial charge in [-0.2, -0.15) is 0 Å². The van der Waals surface area contributed by atoms with Gasteiger partial charge in [-0.1, -0.05) is 12.1 Å². The van der Waals surface area contributed by atoms with Gasteiger partial charge in [-0.05, 0) is 55.0 Å². The van der Waals surface area contributed by atoms with Crippen molar-refractivity contribution in [1.82, 2.24) is 4.90 Å². The molecular weight excluding hydrogens is 398 g/mol. The number of aliphatic hydroxyl groups excluding tert-OH is 1. The Hall–Kier alpha value is -2.93. The van der Waals surface area contributed by atoms with Gasteiger partial charge in [-0.3, -0.25) is 4.79 Å². The largest absolute Gasteiger partial charge is 0.497 e. The van der Waals surface area contributed by atoms with Crippen LogP contribution >= 0.6 is 0 Å². The summed E-state index contributed by atoms with van der Waals surface area (Å²) in [7, 11) is 4.73. The summed E-state index contributed by atoms with van der Waals surface area (Å²) in [5.74, 6) is 2.84. The molecule has 2 aromatic rings. The number of benzene rings is 2. The zero-order chi connectivity index (χ0) is 22.0. The molecule has 2 aliphatic rings. The second-order valence-electron chi connectivity index (χ2n) is 8.14. The first-order chi connectivity index (χ1) is 15.0. The van der Waals surface area contributed by atoms with Crippen LogP contribution in [-0.4, -0.2) is 62.5 Å². The van der Waals surface area contributed by atoms with Crippen LogP contribution in [0.15, 0.2) is 42.5 Å². The predicted molar refractivity (Wildman–Crippen MR) is 115 cm³/mol. The molecule has 0 unspecified atom stereocenters. The summed E-state index contributed by atoms with van der Waals surface area (Å²) >= 11 is 0. The molecule has 1 N–H and O–H groups in total. The molecule has 0 spiro atoms. The highest BCUT2D eigenvalue weighted by Crippen LogP contribution is 2.40. The van der Waals surface area contributed by atoms with Crippen molar-refractivity contribution < 1.29 is 28.8 Å². The number of carbonyl (C=O) groups excluding carboxylic acids is 1. The third kappa shape index (κ3) is 4.28. The predicted octanol–water partition coefficient (Wildman–Crippen LogP) is 3.00. The molecule has 7 nitrogen and oxygen atoms in total. The average molecular weight is 427 g/mol. The van der Waals surface area contributed by atoms with Gasteiger partial charge in [-0.25, -0.2) is 0 Å². The summed E-state index contributed by atoms with van der Waals surface area (Å²) < 4.78 is 22.2. The fraction of sp³-hybridized carbons (Fsp3) is 0.458. The first-order valence-corrected chi connectivity index (χ1v) is 10.5. The van der Waals surface area contributed by atoms with E-state index >= 15 is 0 Å². The third-order valence-corrected chi connectivity index (χ3v) is 6.36. The van der Waals surface area contributed by atoms with Crippen molar-refractivity contribution in [3.05, 3.63) is 48.0 Å². The van der Waals surface area contributed by atoms with Gasteiger partial charge < -0.3 is 29.0 Å². The lowest BCUT2D eigenvalue weighted by molar-refractivity contribution is -0.0240. The van der Waals surface area contributed by atoms with E-state index in [9.17, 15) is 9.90 Å². The molecule has 1 saturated carbocycles. The fourth-order valence-electron chi connectivity index (χ4n) is 4.71. The number of nitrogens with zero attached hydrogens (tertiary/aromatic N) is 1. The van der Waals surface area contributed by atoms with Crippen LogP contribution < -0.4 is 18.9 Å². The quantitative estimate of drug-likeness (QED) is 0.764. The highest BCUT2D eigenvalue weighted by Gasteiger charge is 2.44. The SMILES string of the molecule is COc1ccc(OC)c(C(=O)N2C[C@H]3C[C@@H](Oc4ccccc4OC)[C@H](O)C[C@H]3C2)c1. The number of ether oxygens (including phenoxy) is 4. The number of likely N-dealkylation sites (tertiary alicyclic amines) is 1. The van der Waals surface area contributed by atoms with E-state index in [4.69, 9.17) is 18.9 Å². The second-order valence-corrected chi connectivity index (χ2v) is 8.14. The van der Waals surface area contributed by atoms with Gasteiger partial charge in [0.25, 0.3) is 5.91 Å². The molecule has 7 heteroatoms. The van der Waals surface area contributed by atoms with E-state index in [-0.39, 0.29) is 23.8 Å². The lowest BCUT2D eigenvalue weighted by Crippen LogP contribution is -2.42. The number of carbonyl (C=O) groups is 1. The van der Waals surface area contributed by atoms with Crippen LogP contribution in [0.1, 0.15) is 23.2 Å². The minimum Gasteiger partial charge on any atom is -0.497 e. The molecule has 2 aromatic carbocycles. The van der Waals surface area contributed by atoms with E-state index in [1.165, 1.54) is 0 Å². The lowest BCUT2D eigenvalue weighted by Gasteiger charge is -2.35. The van der Waals surface area contributed by atoms with Gasteiger partial charge in [0.05, 0.1) is 33.0 Å². The molecule has 4 atom stereocenters. The molecular formula is C24H29NO6. The van der Waals surface area contributed by atoms with Gasteiger partial charge in [-0.15, -0.1) is 0 Å². The number of rotatable bonds is 6. The molecule has 4 rings (SSSR count). The summed E-state index contributed by atoms with van der Waals surface area (Å²) in [5, 5.41) is 10.7. The van der Waals surface area contributed by atoms with Crippen LogP contribution in [0.25, 0.3) is 0 Å². The number of para-hydroxylation sites is 2. The molecule has 2 fully saturated rings. The zero-order valence-corrected chi connectivity index (χ0v) is 18.1. The summed E-state index contributed by atoms with van der Waals surface area (Å²) in [4.78, 5) is 15.1. The Labute approximate surface area is 182 Å². The Morgan fingerprint density at radius 1 is 0.903 bits per heavy atom. The van der Waals surface area contributed by atoms with Gasteiger partial charge >= 0.3 is 0 Å². The summed E-state index contributed by atoms with van der Waals surface area (Å²) in [6, 6.07) is 12.7. The maximum Gasteiger partial charge on any atom is 0.257 e. The average Bonchev–Trinajstić information content (AvgIpc) is 3.21. The van der Waals surface area contributed by atoms with Crippen LogP contribution in [0.4, 0.5) is 0 Å². The first kappa shape index (κ1) is 21.3. The number of amides is 1. The van der Waals surface area contributed by atoms with Crippen molar-refractivity contribution in [3.63, 3.8) is 0 Å². The molecule has 0 radical (unpaired) electrons. The highest BCUT2D eigenvalue weighted by molar-refractivity contribution is 5.97. The third-order valence-electron chi connectivity index (χ3n) is 6.36. The molecule has 1 amide bonds. The van der Waals surface area contributed by atoms with Crippen molar-refractivity contribution in [3.8, 4) is 23.0 Å². The van der Waals surface area contributed by atoms with Crippen molar-refractivity contribution in [2.24, 2.45) is 11.8 Å². The second kappa shape index (κ2) is 9.06. The van der Waals surface area contributed by atoms with Crippen molar-refractivity contribution in [2.45, 2.75) is 25.0 Å². The maximum atomic E-state index is 13.3. The van der Waals surface area contributed by atoms with Gasteiger partial charge in [0, 0.05) is 13.1 Å². The number of methoxy groups -OCH3 is 3. The van der Waals surface area contributed by atoms with Gasteiger partial charge in [0.1, 0.15) is 17.6 Å². The number of aliphatic hydroxyl groups is 1. The summed E-state index contributed by atoms with van der Waals surface area (Å²) in [6.07, 6.45) is 0.360.